The Labute approximate surface area is 158 Å². The van der Waals surface area contributed by atoms with Crippen LogP contribution in [0, 0.1) is 5.92 Å². The summed E-state index contributed by atoms with van der Waals surface area (Å²) in [5, 5.41) is 3.40. The zero-order valence-electron chi connectivity index (χ0n) is 15.9. The summed E-state index contributed by atoms with van der Waals surface area (Å²) < 4.78 is 0. The Bertz CT molecular complexity index is 661. The molecule has 2 heteroatoms. The summed E-state index contributed by atoms with van der Waals surface area (Å²) in [5.41, 5.74) is 2.38. The van der Waals surface area contributed by atoms with Gasteiger partial charge in [-0.3, -0.25) is 4.79 Å². The van der Waals surface area contributed by atoms with Gasteiger partial charge in [-0.05, 0) is 36.3 Å². The molecule has 138 valence electrons. The highest BCUT2D eigenvalue weighted by Crippen LogP contribution is 2.38. The van der Waals surface area contributed by atoms with Gasteiger partial charge in [-0.2, -0.15) is 0 Å². The maximum atomic E-state index is 13.4. The van der Waals surface area contributed by atoms with Crippen LogP contribution in [0.1, 0.15) is 75.0 Å². The van der Waals surface area contributed by atoms with E-state index in [0.29, 0.717) is 5.92 Å². The predicted molar refractivity (Wildman–Crippen MR) is 108 cm³/mol. The lowest BCUT2D eigenvalue weighted by Crippen LogP contribution is -2.35. The van der Waals surface area contributed by atoms with Crippen LogP contribution in [0.25, 0.3) is 0 Å². The highest BCUT2D eigenvalue weighted by molar-refractivity contribution is 5.84. The first-order valence-electron chi connectivity index (χ1n) is 10.2. The molecule has 0 aliphatic heterocycles. The minimum Gasteiger partial charge on any atom is -0.349 e. The molecular formula is C24H31NO. The van der Waals surface area contributed by atoms with Crippen molar-refractivity contribution >= 4 is 5.91 Å². The Morgan fingerprint density at radius 3 is 2.12 bits per heavy atom. The second kappa shape index (κ2) is 9.56. The van der Waals surface area contributed by atoms with Gasteiger partial charge < -0.3 is 5.32 Å². The van der Waals surface area contributed by atoms with Crippen molar-refractivity contribution in [2.75, 3.05) is 0 Å². The number of benzene rings is 2. The van der Waals surface area contributed by atoms with Crippen LogP contribution >= 0.6 is 0 Å². The van der Waals surface area contributed by atoms with Gasteiger partial charge >= 0.3 is 0 Å². The van der Waals surface area contributed by atoms with Gasteiger partial charge in [-0.25, -0.2) is 0 Å². The SMILES string of the molecule is CCCC[C@H](NC(=O)[C@@H](c1ccccc1)C1CCCC1)c1ccccc1. The summed E-state index contributed by atoms with van der Waals surface area (Å²) in [6.45, 7) is 2.20. The quantitative estimate of drug-likeness (QED) is 0.621. The van der Waals surface area contributed by atoms with Crippen LogP contribution in [-0.4, -0.2) is 5.91 Å². The zero-order valence-corrected chi connectivity index (χ0v) is 15.9. The Kier molecular flexibility index (Phi) is 6.88. The second-order valence-corrected chi connectivity index (χ2v) is 7.55. The Morgan fingerprint density at radius 2 is 1.54 bits per heavy atom. The molecule has 0 bridgehead atoms. The first-order chi connectivity index (χ1) is 12.8. The molecule has 0 radical (unpaired) electrons. The molecule has 2 nitrogen and oxygen atoms in total. The second-order valence-electron chi connectivity index (χ2n) is 7.55. The summed E-state index contributed by atoms with van der Waals surface area (Å²) in [7, 11) is 0. The number of nitrogens with one attached hydrogen (secondary N) is 1. The monoisotopic (exact) mass is 349 g/mol. The molecule has 1 amide bonds. The number of hydrogen-bond donors (Lipinski definition) is 1. The first kappa shape index (κ1) is 18.7. The van der Waals surface area contributed by atoms with Crippen LogP contribution in [-0.2, 0) is 4.79 Å². The van der Waals surface area contributed by atoms with E-state index in [-0.39, 0.29) is 17.9 Å². The van der Waals surface area contributed by atoms with Gasteiger partial charge in [0.25, 0.3) is 0 Å². The molecule has 0 aromatic heterocycles. The molecular weight excluding hydrogens is 318 g/mol. The highest BCUT2D eigenvalue weighted by Gasteiger charge is 2.32. The normalized spacial score (nSPS) is 17.0. The van der Waals surface area contributed by atoms with Crippen LogP contribution < -0.4 is 5.32 Å². The van der Waals surface area contributed by atoms with Gasteiger partial charge in [0.05, 0.1) is 12.0 Å². The first-order valence-corrected chi connectivity index (χ1v) is 10.2. The maximum Gasteiger partial charge on any atom is 0.228 e. The molecule has 1 N–H and O–H groups in total. The highest BCUT2D eigenvalue weighted by atomic mass is 16.2. The van der Waals surface area contributed by atoms with Crippen LogP contribution in [0.2, 0.25) is 0 Å². The van der Waals surface area contributed by atoms with Crippen molar-refractivity contribution < 1.29 is 4.79 Å². The van der Waals surface area contributed by atoms with Gasteiger partial charge in [0.2, 0.25) is 5.91 Å². The third-order valence-corrected chi connectivity index (χ3v) is 5.68. The Morgan fingerprint density at radius 1 is 0.962 bits per heavy atom. The van der Waals surface area contributed by atoms with Crippen LogP contribution in [0.5, 0.6) is 0 Å². The number of carbonyl (C=O) groups excluding carboxylic acids is 1. The van der Waals surface area contributed by atoms with E-state index < -0.39 is 0 Å². The molecule has 0 spiro atoms. The lowest BCUT2D eigenvalue weighted by molar-refractivity contribution is -0.124. The maximum absolute atomic E-state index is 13.4. The van der Waals surface area contributed by atoms with E-state index in [2.05, 4.69) is 60.8 Å². The standard InChI is InChI=1S/C24H31NO/c1-2-3-18-22(19-12-6-4-7-13-19)25-24(26)23(21-16-10-11-17-21)20-14-8-5-9-15-20/h4-9,12-15,21-23H,2-3,10-11,16-18H2,1H3,(H,25,26)/t22-,23-/m0/s1. The number of rotatable bonds is 8. The minimum absolute atomic E-state index is 0.0217. The molecule has 1 fully saturated rings. The number of amides is 1. The van der Waals surface area contributed by atoms with Crippen molar-refractivity contribution in [3.8, 4) is 0 Å². The summed E-state index contributed by atoms with van der Waals surface area (Å²) in [6.07, 6.45) is 8.09. The number of hydrogen-bond acceptors (Lipinski definition) is 1. The zero-order chi connectivity index (χ0) is 18.2. The van der Waals surface area contributed by atoms with Gasteiger partial charge in [-0.15, -0.1) is 0 Å². The molecule has 0 heterocycles. The van der Waals surface area contributed by atoms with Crippen LogP contribution in [0.3, 0.4) is 0 Å². The smallest absolute Gasteiger partial charge is 0.228 e. The lowest BCUT2D eigenvalue weighted by atomic mass is 9.83. The molecule has 2 atom stereocenters. The Hall–Kier alpha value is -2.09. The minimum atomic E-state index is -0.0217. The van der Waals surface area contributed by atoms with Gasteiger partial charge in [0, 0.05) is 0 Å². The van der Waals surface area contributed by atoms with Crippen molar-refractivity contribution in [1.29, 1.82) is 0 Å². The van der Waals surface area contributed by atoms with Gasteiger partial charge in [0.15, 0.2) is 0 Å². The largest absolute Gasteiger partial charge is 0.349 e. The fourth-order valence-corrected chi connectivity index (χ4v) is 4.27. The van der Waals surface area contributed by atoms with Crippen molar-refractivity contribution in [3.63, 3.8) is 0 Å². The van der Waals surface area contributed by atoms with E-state index in [1.807, 2.05) is 12.1 Å². The Balaban J connectivity index is 1.80. The average Bonchev–Trinajstić information content (AvgIpc) is 3.21. The summed E-state index contributed by atoms with van der Waals surface area (Å²) in [4.78, 5) is 13.4. The lowest BCUT2D eigenvalue weighted by Gasteiger charge is -2.27. The topological polar surface area (TPSA) is 29.1 Å². The molecule has 2 aromatic carbocycles. The fraction of sp³-hybridized carbons (Fsp3) is 0.458. The predicted octanol–water partition coefficient (Wildman–Crippen LogP) is 6.01. The number of carbonyl (C=O) groups is 1. The van der Waals surface area contributed by atoms with E-state index >= 15 is 0 Å². The van der Waals surface area contributed by atoms with Crippen molar-refractivity contribution in [3.05, 3.63) is 71.8 Å². The van der Waals surface area contributed by atoms with Crippen molar-refractivity contribution in [2.45, 2.75) is 63.8 Å². The molecule has 1 saturated carbocycles. The van der Waals surface area contributed by atoms with Crippen LogP contribution in [0.4, 0.5) is 0 Å². The summed E-state index contributed by atoms with van der Waals surface area (Å²) >= 11 is 0. The molecule has 0 unspecified atom stereocenters. The molecule has 1 aliphatic carbocycles. The molecule has 0 saturated heterocycles. The molecule has 26 heavy (non-hydrogen) atoms. The average molecular weight is 350 g/mol. The molecule has 3 rings (SSSR count). The summed E-state index contributed by atoms with van der Waals surface area (Å²) in [6, 6.07) is 20.9. The van der Waals surface area contributed by atoms with Gasteiger partial charge in [0.1, 0.15) is 0 Å². The fourth-order valence-electron chi connectivity index (χ4n) is 4.27. The number of unbranched alkanes of at least 4 members (excludes halogenated alkanes) is 1. The van der Waals surface area contributed by atoms with E-state index in [4.69, 9.17) is 0 Å². The van der Waals surface area contributed by atoms with E-state index in [9.17, 15) is 4.79 Å². The van der Waals surface area contributed by atoms with Crippen molar-refractivity contribution in [1.82, 2.24) is 5.32 Å². The molecule has 1 aliphatic rings. The third-order valence-electron chi connectivity index (χ3n) is 5.68. The van der Waals surface area contributed by atoms with E-state index in [0.717, 1.165) is 32.1 Å². The summed E-state index contributed by atoms with van der Waals surface area (Å²) in [5.74, 6) is 0.652. The molecule has 2 aromatic rings. The van der Waals surface area contributed by atoms with Crippen molar-refractivity contribution in [2.24, 2.45) is 5.92 Å². The van der Waals surface area contributed by atoms with E-state index in [1.165, 1.54) is 24.0 Å². The van der Waals surface area contributed by atoms with E-state index in [1.54, 1.807) is 0 Å². The van der Waals surface area contributed by atoms with Gasteiger partial charge in [-0.1, -0.05) is 93.3 Å². The third kappa shape index (κ3) is 4.75. The van der Waals surface area contributed by atoms with Crippen LogP contribution in [0.15, 0.2) is 60.7 Å².